The molecule has 116 valence electrons. The zero-order chi connectivity index (χ0) is 14.7. The van der Waals surface area contributed by atoms with Gasteiger partial charge in [-0.3, -0.25) is 4.72 Å². The Labute approximate surface area is 127 Å². The molecule has 1 heterocycles. The molecule has 1 aliphatic heterocycles. The molecule has 0 spiro atoms. The van der Waals surface area contributed by atoms with Crippen LogP contribution in [-0.4, -0.2) is 26.8 Å². The number of rotatable bonds is 4. The van der Waals surface area contributed by atoms with E-state index in [0.717, 1.165) is 50.8 Å². The first-order chi connectivity index (χ1) is 10.1. The predicted octanol–water partition coefficient (Wildman–Crippen LogP) is 2.45. The monoisotopic (exact) mass is 308 g/mol. The van der Waals surface area contributed by atoms with Crippen LogP contribution in [0.3, 0.4) is 0 Å². The molecule has 1 aliphatic carbocycles. The minimum Gasteiger partial charge on any atom is -0.313 e. The molecular formula is C16H24N2O2S. The van der Waals surface area contributed by atoms with Crippen molar-refractivity contribution in [3.63, 3.8) is 0 Å². The third kappa shape index (κ3) is 3.77. The number of anilines is 1. The molecule has 0 aromatic heterocycles. The van der Waals surface area contributed by atoms with Crippen LogP contribution >= 0.6 is 0 Å². The molecule has 1 fully saturated rings. The summed E-state index contributed by atoms with van der Waals surface area (Å²) in [5.74, 6) is 0.177. The second kappa shape index (κ2) is 6.36. The zero-order valence-corrected chi connectivity index (χ0v) is 13.2. The Morgan fingerprint density at radius 1 is 1.14 bits per heavy atom. The topological polar surface area (TPSA) is 58.2 Å². The molecule has 0 amide bonds. The highest BCUT2D eigenvalue weighted by Gasteiger charge is 2.22. The van der Waals surface area contributed by atoms with Crippen LogP contribution in [0.4, 0.5) is 5.69 Å². The van der Waals surface area contributed by atoms with E-state index in [1.165, 1.54) is 17.5 Å². The lowest BCUT2D eigenvalue weighted by Crippen LogP contribution is -2.40. The third-order valence-corrected chi connectivity index (χ3v) is 5.87. The molecule has 0 saturated carbocycles. The lowest BCUT2D eigenvalue weighted by Gasteiger charge is -2.24. The molecule has 2 N–H and O–H groups in total. The van der Waals surface area contributed by atoms with E-state index < -0.39 is 10.0 Å². The van der Waals surface area contributed by atoms with Crippen molar-refractivity contribution in [1.82, 2.24) is 5.32 Å². The van der Waals surface area contributed by atoms with Gasteiger partial charge in [0.25, 0.3) is 0 Å². The van der Waals surface area contributed by atoms with Crippen LogP contribution in [0.2, 0.25) is 0 Å². The summed E-state index contributed by atoms with van der Waals surface area (Å²) >= 11 is 0. The highest BCUT2D eigenvalue weighted by atomic mass is 32.2. The molecule has 0 bridgehead atoms. The Balaban J connectivity index is 1.73. The fourth-order valence-corrected chi connectivity index (χ4v) is 4.84. The molecule has 21 heavy (non-hydrogen) atoms. The number of fused-ring (bicyclic) bond motifs is 1. The normalized spacial score (nSPS) is 22.6. The Bertz CT molecular complexity index is 592. The van der Waals surface area contributed by atoms with E-state index in [4.69, 9.17) is 0 Å². The van der Waals surface area contributed by atoms with Gasteiger partial charge in [-0.2, -0.15) is 0 Å². The fraction of sp³-hybridized carbons (Fsp3) is 0.625. The van der Waals surface area contributed by atoms with E-state index in [1.54, 1.807) is 0 Å². The molecule has 1 unspecified atom stereocenters. The van der Waals surface area contributed by atoms with Crippen LogP contribution in [0.1, 0.15) is 43.2 Å². The number of sulfonamides is 1. The van der Waals surface area contributed by atoms with Crippen LogP contribution < -0.4 is 10.0 Å². The molecule has 4 nitrogen and oxygen atoms in total. The zero-order valence-electron chi connectivity index (χ0n) is 12.4. The Hall–Kier alpha value is -1.07. The number of hydrogen-bond acceptors (Lipinski definition) is 3. The molecule has 0 radical (unpaired) electrons. The quantitative estimate of drug-likeness (QED) is 0.898. The standard InChI is InChI=1S/C16H24N2O2S/c19-21(20,12-14-8-3-4-11-17-14)18-16-10-5-7-13-6-1-2-9-15(13)16/h5,7,10,14,17-18H,1-4,6,8-9,11-12H2. The van der Waals surface area contributed by atoms with Gasteiger partial charge in [0.15, 0.2) is 0 Å². The highest BCUT2D eigenvalue weighted by Crippen LogP contribution is 2.28. The first-order valence-corrected chi connectivity index (χ1v) is 9.64. The van der Waals surface area contributed by atoms with Gasteiger partial charge >= 0.3 is 0 Å². The fourth-order valence-electron chi connectivity index (χ4n) is 3.42. The van der Waals surface area contributed by atoms with Gasteiger partial charge in [0.05, 0.1) is 11.4 Å². The molecule has 1 aromatic carbocycles. The van der Waals surface area contributed by atoms with Crippen LogP contribution in [-0.2, 0) is 22.9 Å². The summed E-state index contributed by atoms with van der Waals surface area (Å²) in [6.45, 7) is 0.931. The van der Waals surface area contributed by atoms with Gasteiger partial charge in [-0.25, -0.2) is 8.42 Å². The molecule has 2 aliphatic rings. The summed E-state index contributed by atoms with van der Waals surface area (Å²) in [6, 6.07) is 6.07. The highest BCUT2D eigenvalue weighted by molar-refractivity contribution is 7.92. The number of nitrogens with one attached hydrogen (secondary N) is 2. The van der Waals surface area contributed by atoms with Gasteiger partial charge in [-0.15, -0.1) is 0 Å². The minimum absolute atomic E-state index is 0.0933. The molecule has 5 heteroatoms. The van der Waals surface area contributed by atoms with Crippen molar-refractivity contribution in [2.75, 3.05) is 17.0 Å². The van der Waals surface area contributed by atoms with Gasteiger partial charge in [-0.05, 0) is 62.3 Å². The number of piperidine rings is 1. The summed E-state index contributed by atoms with van der Waals surface area (Å²) < 4.78 is 27.6. The van der Waals surface area contributed by atoms with Gasteiger partial charge in [0.2, 0.25) is 10.0 Å². The van der Waals surface area contributed by atoms with Crippen molar-refractivity contribution in [2.24, 2.45) is 0 Å². The van der Waals surface area contributed by atoms with Gasteiger partial charge in [0.1, 0.15) is 0 Å². The average molecular weight is 308 g/mol. The second-order valence-corrected chi connectivity index (χ2v) is 7.95. The van der Waals surface area contributed by atoms with Crippen molar-refractivity contribution < 1.29 is 8.42 Å². The van der Waals surface area contributed by atoms with E-state index in [1.807, 2.05) is 12.1 Å². The molecule has 1 atom stereocenters. The maximum absolute atomic E-state index is 12.4. The van der Waals surface area contributed by atoms with Crippen molar-refractivity contribution >= 4 is 15.7 Å². The van der Waals surface area contributed by atoms with Crippen LogP contribution in [0.25, 0.3) is 0 Å². The van der Waals surface area contributed by atoms with Crippen molar-refractivity contribution in [1.29, 1.82) is 0 Å². The Kier molecular flexibility index (Phi) is 4.50. The first kappa shape index (κ1) is 14.9. The summed E-state index contributed by atoms with van der Waals surface area (Å²) in [7, 11) is -3.28. The van der Waals surface area contributed by atoms with E-state index in [0.29, 0.717) is 0 Å². The maximum Gasteiger partial charge on any atom is 0.234 e. The molecule has 1 saturated heterocycles. The SMILES string of the molecule is O=S(=O)(CC1CCCCN1)Nc1cccc2c1CCCC2. The summed E-state index contributed by atoms with van der Waals surface area (Å²) in [4.78, 5) is 0. The van der Waals surface area contributed by atoms with Crippen LogP contribution in [0, 0.1) is 0 Å². The molecular weight excluding hydrogens is 284 g/mol. The van der Waals surface area contributed by atoms with Crippen molar-refractivity contribution in [2.45, 2.75) is 51.0 Å². The minimum atomic E-state index is -3.28. The Morgan fingerprint density at radius 3 is 2.81 bits per heavy atom. The van der Waals surface area contributed by atoms with Crippen LogP contribution in [0.15, 0.2) is 18.2 Å². The average Bonchev–Trinajstić information content (AvgIpc) is 2.48. The number of hydrogen-bond donors (Lipinski definition) is 2. The van der Waals surface area contributed by atoms with Gasteiger partial charge < -0.3 is 5.32 Å². The second-order valence-electron chi connectivity index (χ2n) is 6.18. The summed E-state index contributed by atoms with van der Waals surface area (Å²) in [5.41, 5.74) is 3.30. The van der Waals surface area contributed by atoms with E-state index in [9.17, 15) is 8.42 Å². The van der Waals surface area contributed by atoms with E-state index >= 15 is 0 Å². The number of benzene rings is 1. The largest absolute Gasteiger partial charge is 0.313 e. The van der Waals surface area contributed by atoms with Gasteiger partial charge in [-0.1, -0.05) is 18.6 Å². The lowest BCUT2D eigenvalue weighted by atomic mass is 9.91. The van der Waals surface area contributed by atoms with E-state index in [2.05, 4.69) is 16.1 Å². The van der Waals surface area contributed by atoms with E-state index in [-0.39, 0.29) is 11.8 Å². The van der Waals surface area contributed by atoms with Crippen molar-refractivity contribution in [3.8, 4) is 0 Å². The maximum atomic E-state index is 12.4. The first-order valence-electron chi connectivity index (χ1n) is 7.99. The van der Waals surface area contributed by atoms with Crippen LogP contribution in [0.5, 0.6) is 0 Å². The summed E-state index contributed by atoms with van der Waals surface area (Å²) in [6.07, 6.45) is 7.62. The predicted molar refractivity (Wildman–Crippen MR) is 86.1 cm³/mol. The third-order valence-electron chi connectivity index (χ3n) is 4.49. The summed E-state index contributed by atoms with van der Waals surface area (Å²) in [5, 5.41) is 3.30. The number of aryl methyl sites for hydroxylation is 1. The smallest absolute Gasteiger partial charge is 0.234 e. The molecule has 1 aromatic rings. The molecule has 3 rings (SSSR count). The van der Waals surface area contributed by atoms with Crippen molar-refractivity contribution in [3.05, 3.63) is 29.3 Å². The Morgan fingerprint density at radius 2 is 2.00 bits per heavy atom. The van der Waals surface area contributed by atoms with Gasteiger partial charge in [0, 0.05) is 6.04 Å². The lowest BCUT2D eigenvalue weighted by molar-refractivity contribution is 0.424.